The SMILES string of the molecule is CNc1ccc(C(=O)OC)c(NC)c1. The predicted molar refractivity (Wildman–Crippen MR) is 56.9 cm³/mol. The number of benzene rings is 1. The van der Waals surface area contributed by atoms with Crippen LogP contribution in [0.15, 0.2) is 18.2 Å². The van der Waals surface area contributed by atoms with E-state index in [0.29, 0.717) is 5.56 Å². The van der Waals surface area contributed by atoms with Crippen LogP contribution in [-0.2, 0) is 4.74 Å². The Bertz CT molecular complexity index is 337. The standard InChI is InChI=1S/C10H14N2O2/c1-11-7-4-5-8(10(13)14-3)9(6-7)12-2/h4-6,11-12H,1-3H3. The summed E-state index contributed by atoms with van der Waals surface area (Å²) >= 11 is 0. The fourth-order valence-electron chi connectivity index (χ4n) is 1.19. The monoisotopic (exact) mass is 194 g/mol. The summed E-state index contributed by atoms with van der Waals surface area (Å²) in [6, 6.07) is 5.41. The summed E-state index contributed by atoms with van der Waals surface area (Å²) in [7, 11) is 4.96. The Morgan fingerprint density at radius 1 is 1.29 bits per heavy atom. The molecule has 0 bridgehead atoms. The average Bonchev–Trinajstić information content (AvgIpc) is 2.27. The van der Waals surface area contributed by atoms with Gasteiger partial charge in [-0.05, 0) is 18.2 Å². The van der Waals surface area contributed by atoms with Gasteiger partial charge in [0.2, 0.25) is 0 Å². The number of esters is 1. The fourth-order valence-corrected chi connectivity index (χ4v) is 1.19. The topological polar surface area (TPSA) is 50.4 Å². The second-order valence-electron chi connectivity index (χ2n) is 2.75. The van der Waals surface area contributed by atoms with Gasteiger partial charge < -0.3 is 15.4 Å². The van der Waals surface area contributed by atoms with Crippen LogP contribution >= 0.6 is 0 Å². The molecule has 0 aliphatic rings. The van der Waals surface area contributed by atoms with Crippen molar-refractivity contribution in [3.05, 3.63) is 23.8 Å². The molecule has 2 N–H and O–H groups in total. The number of ether oxygens (including phenoxy) is 1. The van der Waals surface area contributed by atoms with Crippen LogP contribution in [-0.4, -0.2) is 27.2 Å². The van der Waals surface area contributed by atoms with Crippen molar-refractivity contribution in [1.82, 2.24) is 0 Å². The van der Waals surface area contributed by atoms with E-state index in [4.69, 9.17) is 0 Å². The number of carbonyl (C=O) groups excluding carboxylic acids is 1. The molecule has 1 aromatic carbocycles. The Labute approximate surface area is 83.3 Å². The molecule has 0 spiro atoms. The van der Waals surface area contributed by atoms with Crippen LogP contribution in [0.3, 0.4) is 0 Å². The minimum absolute atomic E-state index is 0.336. The Kier molecular flexibility index (Phi) is 3.34. The highest BCUT2D eigenvalue weighted by atomic mass is 16.5. The highest BCUT2D eigenvalue weighted by Gasteiger charge is 2.10. The van der Waals surface area contributed by atoms with Crippen LogP contribution in [0.2, 0.25) is 0 Å². The van der Waals surface area contributed by atoms with Crippen molar-refractivity contribution in [3.8, 4) is 0 Å². The molecule has 0 fully saturated rings. The molecule has 1 aromatic rings. The lowest BCUT2D eigenvalue weighted by molar-refractivity contribution is 0.0602. The molecule has 1 rings (SSSR count). The number of carbonyl (C=O) groups is 1. The lowest BCUT2D eigenvalue weighted by Crippen LogP contribution is -2.06. The van der Waals surface area contributed by atoms with Crippen molar-refractivity contribution in [2.24, 2.45) is 0 Å². The molecule has 4 nitrogen and oxygen atoms in total. The molecular formula is C10H14N2O2. The number of hydrogen-bond donors (Lipinski definition) is 2. The van der Waals surface area contributed by atoms with Crippen molar-refractivity contribution < 1.29 is 9.53 Å². The molecule has 14 heavy (non-hydrogen) atoms. The van der Waals surface area contributed by atoms with Crippen LogP contribution in [0.25, 0.3) is 0 Å². The van der Waals surface area contributed by atoms with Crippen molar-refractivity contribution in [1.29, 1.82) is 0 Å². The summed E-state index contributed by atoms with van der Waals surface area (Å²) in [5.74, 6) is -0.336. The number of hydrogen-bond acceptors (Lipinski definition) is 4. The lowest BCUT2D eigenvalue weighted by atomic mass is 10.1. The average molecular weight is 194 g/mol. The zero-order valence-electron chi connectivity index (χ0n) is 8.55. The van der Waals surface area contributed by atoms with E-state index >= 15 is 0 Å². The van der Waals surface area contributed by atoms with Gasteiger partial charge in [-0.2, -0.15) is 0 Å². The van der Waals surface area contributed by atoms with E-state index in [-0.39, 0.29) is 5.97 Å². The third-order valence-electron chi connectivity index (χ3n) is 1.98. The highest BCUT2D eigenvalue weighted by Crippen LogP contribution is 2.20. The van der Waals surface area contributed by atoms with E-state index in [1.807, 2.05) is 19.2 Å². The molecule has 0 saturated carbocycles. The van der Waals surface area contributed by atoms with Crippen LogP contribution in [0.4, 0.5) is 11.4 Å². The maximum atomic E-state index is 11.3. The summed E-state index contributed by atoms with van der Waals surface area (Å²) in [6.07, 6.45) is 0. The van der Waals surface area contributed by atoms with E-state index in [1.165, 1.54) is 7.11 Å². The second kappa shape index (κ2) is 4.50. The van der Waals surface area contributed by atoms with Gasteiger partial charge in [-0.15, -0.1) is 0 Å². The molecule has 0 amide bonds. The van der Waals surface area contributed by atoms with Crippen LogP contribution in [0.5, 0.6) is 0 Å². The largest absolute Gasteiger partial charge is 0.465 e. The van der Waals surface area contributed by atoms with Crippen molar-refractivity contribution in [2.45, 2.75) is 0 Å². The maximum Gasteiger partial charge on any atom is 0.339 e. The zero-order valence-corrected chi connectivity index (χ0v) is 8.55. The minimum atomic E-state index is -0.336. The molecular weight excluding hydrogens is 180 g/mol. The third-order valence-corrected chi connectivity index (χ3v) is 1.98. The molecule has 0 radical (unpaired) electrons. The van der Waals surface area contributed by atoms with E-state index < -0.39 is 0 Å². The first-order chi connectivity index (χ1) is 6.72. The molecule has 4 heteroatoms. The van der Waals surface area contributed by atoms with Crippen molar-refractivity contribution in [2.75, 3.05) is 31.8 Å². The Hall–Kier alpha value is -1.71. The molecule has 0 unspecified atom stereocenters. The summed E-state index contributed by atoms with van der Waals surface area (Å²) in [6.45, 7) is 0. The van der Waals surface area contributed by atoms with Crippen LogP contribution < -0.4 is 10.6 Å². The molecule has 0 atom stereocenters. The van der Waals surface area contributed by atoms with E-state index in [1.54, 1.807) is 13.1 Å². The highest BCUT2D eigenvalue weighted by molar-refractivity contribution is 5.96. The lowest BCUT2D eigenvalue weighted by Gasteiger charge is -2.09. The number of anilines is 2. The maximum absolute atomic E-state index is 11.3. The first kappa shape index (κ1) is 10.4. The number of methoxy groups -OCH3 is 1. The normalized spacial score (nSPS) is 9.36. The second-order valence-corrected chi connectivity index (χ2v) is 2.75. The van der Waals surface area contributed by atoms with E-state index in [2.05, 4.69) is 15.4 Å². The summed E-state index contributed by atoms with van der Waals surface area (Å²) < 4.78 is 4.65. The first-order valence-electron chi connectivity index (χ1n) is 4.30. The van der Waals surface area contributed by atoms with Gasteiger partial charge in [0.25, 0.3) is 0 Å². The molecule has 76 valence electrons. The summed E-state index contributed by atoms with van der Waals surface area (Å²) in [5, 5.41) is 5.94. The molecule has 0 aliphatic heterocycles. The van der Waals surface area contributed by atoms with Gasteiger partial charge in [0, 0.05) is 19.8 Å². The van der Waals surface area contributed by atoms with Crippen LogP contribution in [0, 0.1) is 0 Å². The van der Waals surface area contributed by atoms with Crippen molar-refractivity contribution in [3.63, 3.8) is 0 Å². The predicted octanol–water partition coefficient (Wildman–Crippen LogP) is 1.56. The van der Waals surface area contributed by atoms with Gasteiger partial charge in [0.05, 0.1) is 18.4 Å². The number of rotatable bonds is 3. The number of nitrogens with one attached hydrogen (secondary N) is 2. The Morgan fingerprint density at radius 2 is 2.00 bits per heavy atom. The Morgan fingerprint density at radius 3 is 2.50 bits per heavy atom. The fraction of sp³-hybridized carbons (Fsp3) is 0.300. The molecule has 0 heterocycles. The van der Waals surface area contributed by atoms with Gasteiger partial charge in [0.1, 0.15) is 0 Å². The summed E-state index contributed by atoms with van der Waals surface area (Å²) in [5.41, 5.74) is 2.24. The van der Waals surface area contributed by atoms with Gasteiger partial charge >= 0.3 is 5.97 Å². The molecule has 0 saturated heterocycles. The van der Waals surface area contributed by atoms with Gasteiger partial charge in [-0.3, -0.25) is 0 Å². The van der Waals surface area contributed by atoms with Crippen molar-refractivity contribution >= 4 is 17.3 Å². The minimum Gasteiger partial charge on any atom is -0.465 e. The smallest absolute Gasteiger partial charge is 0.339 e. The summed E-state index contributed by atoms with van der Waals surface area (Å²) in [4.78, 5) is 11.3. The quantitative estimate of drug-likeness (QED) is 0.717. The van der Waals surface area contributed by atoms with Crippen LogP contribution in [0.1, 0.15) is 10.4 Å². The van der Waals surface area contributed by atoms with Gasteiger partial charge in [0.15, 0.2) is 0 Å². The van der Waals surface area contributed by atoms with Gasteiger partial charge in [-0.25, -0.2) is 4.79 Å². The molecule has 0 aromatic heterocycles. The molecule has 0 aliphatic carbocycles. The Balaban J connectivity index is 3.11. The first-order valence-corrected chi connectivity index (χ1v) is 4.30. The van der Waals surface area contributed by atoms with E-state index in [0.717, 1.165) is 11.4 Å². The zero-order chi connectivity index (χ0) is 10.6. The van der Waals surface area contributed by atoms with E-state index in [9.17, 15) is 4.79 Å². The van der Waals surface area contributed by atoms with Gasteiger partial charge in [-0.1, -0.05) is 0 Å². The third kappa shape index (κ3) is 1.96.